The highest BCUT2D eigenvalue weighted by Crippen LogP contribution is 2.29. The second-order valence-corrected chi connectivity index (χ2v) is 6.91. The standard InChI is InChI=1S/C22H32N4O/c1-7-10-20(9-3)26-15(4)13-18(8-2)22(26)25-17(6)24-21-12-11-19(14-23-21)16(5)27/h8,11-14,16,20,27H,6-7,9-10H2,1-5H3,(H,23,24)/b18-8-,25-22+. The average Bonchev–Trinajstić information content (AvgIpc) is 2.95. The number of hydrogen-bond donors (Lipinski definition) is 2. The number of nitrogens with zero attached hydrogens (tertiary/aromatic N) is 3. The van der Waals surface area contributed by atoms with Crippen molar-refractivity contribution in [3.63, 3.8) is 0 Å². The van der Waals surface area contributed by atoms with Crippen molar-refractivity contribution < 1.29 is 5.11 Å². The van der Waals surface area contributed by atoms with E-state index in [0.717, 1.165) is 36.2 Å². The molecule has 2 atom stereocenters. The maximum Gasteiger partial charge on any atom is 0.142 e. The van der Waals surface area contributed by atoms with Crippen LogP contribution in [0, 0.1) is 0 Å². The number of anilines is 1. The molecule has 1 aromatic rings. The molecule has 2 heterocycles. The number of hydrogen-bond acceptors (Lipinski definition) is 4. The summed E-state index contributed by atoms with van der Waals surface area (Å²) in [5.41, 5.74) is 3.11. The Balaban J connectivity index is 2.23. The summed E-state index contributed by atoms with van der Waals surface area (Å²) in [4.78, 5) is 11.4. The fourth-order valence-corrected chi connectivity index (χ4v) is 3.34. The zero-order chi connectivity index (χ0) is 20.0. The fraction of sp³-hybridized carbons (Fsp3) is 0.455. The lowest BCUT2D eigenvalue weighted by Gasteiger charge is -2.31. The third kappa shape index (κ3) is 5.07. The molecule has 0 spiro atoms. The van der Waals surface area contributed by atoms with Gasteiger partial charge in [-0.3, -0.25) is 0 Å². The van der Waals surface area contributed by atoms with E-state index in [9.17, 15) is 5.11 Å². The van der Waals surface area contributed by atoms with E-state index in [1.165, 1.54) is 5.70 Å². The first-order valence-electron chi connectivity index (χ1n) is 9.74. The maximum atomic E-state index is 9.60. The monoisotopic (exact) mass is 368 g/mol. The summed E-state index contributed by atoms with van der Waals surface area (Å²) in [6.45, 7) is 14.4. The van der Waals surface area contributed by atoms with E-state index in [0.29, 0.717) is 17.7 Å². The lowest BCUT2D eigenvalue weighted by atomic mass is 10.1. The number of rotatable bonds is 8. The Morgan fingerprint density at radius 2 is 2.15 bits per heavy atom. The summed E-state index contributed by atoms with van der Waals surface area (Å²) in [5, 5.41) is 12.8. The summed E-state index contributed by atoms with van der Waals surface area (Å²) in [6.07, 6.45) is 8.73. The van der Waals surface area contributed by atoms with Crippen molar-refractivity contribution in [2.75, 3.05) is 5.32 Å². The predicted octanol–water partition coefficient (Wildman–Crippen LogP) is 5.16. The van der Waals surface area contributed by atoms with Crippen LogP contribution in [0.25, 0.3) is 0 Å². The molecule has 0 saturated heterocycles. The second kappa shape index (κ2) is 9.51. The molecule has 2 rings (SSSR count). The van der Waals surface area contributed by atoms with Crippen LogP contribution in [0.4, 0.5) is 5.82 Å². The van der Waals surface area contributed by atoms with Crippen LogP contribution >= 0.6 is 0 Å². The van der Waals surface area contributed by atoms with E-state index in [2.05, 4.69) is 54.7 Å². The Morgan fingerprint density at radius 3 is 2.67 bits per heavy atom. The zero-order valence-electron chi connectivity index (χ0n) is 17.2. The molecular weight excluding hydrogens is 336 g/mol. The molecule has 0 amide bonds. The molecule has 0 saturated carbocycles. The number of aliphatic hydroxyl groups excluding tert-OH is 1. The van der Waals surface area contributed by atoms with E-state index in [1.807, 2.05) is 19.1 Å². The molecule has 0 fully saturated rings. The van der Waals surface area contributed by atoms with Gasteiger partial charge >= 0.3 is 0 Å². The number of allylic oxidation sites excluding steroid dienone is 2. The van der Waals surface area contributed by atoms with E-state index in [4.69, 9.17) is 4.99 Å². The van der Waals surface area contributed by atoms with Crippen molar-refractivity contribution in [2.24, 2.45) is 4.99 Å². The van der Waals surface area contributed by atoms with Crippen LogP contribution in [0.5, 0.6) is 0 Å². The first kappa shape index (κ1) is 20.9. The van der Waals surface area contributed by atoms with Gasteiger partial charge in [-0.2, -0.15) is 0 Å². The van der Waals surface area contributed by atoms with Gasteiger partial charge in [0, 0.05) is 23.5 Å². The minimum atomic E-state index is -0.530. The summed E-state index contributed by atoms with van der Waals surface area (Å²) < 4.78 is 0. The second-order valence-electron chi connectivity index (χ2n) is 6.91. The number of aliphatic imine (C=N–C) groups is 1. The highest BCUT2D eigenvalue weighted by molar-refractivity contribution is 6.05. The topological polar surface area (TPSA) is 60.8 Å². The first-order valence-corrected chi connectivity index (χ1v) is 9.74. The van der Waals surface area contributed by atoms with Gasteiger partial charge in [0.25, 0.3) is 0 Å². The molecule has 0 aliphatic carbocycles. The smallest absolute Gasteiger partial charge is 0.142 e. The first-order chi connectivity index (χ1) is 12.9. The Kier molecular flexibility index (Phi) is 7.36. The SMILES string of the molecule is C=C(/N=C1\C(=C/C)C=C(C)N1C(CC)CCC)Nc1ccc(C(C)O)cn1. The van der Waals surface area contributed by atoms with Gasteiger partial charge in [0.05, 0.1) is 6.10 Å². The normalized spacial score (nSPS) is 19.3. The Morgan fingerprint density at radius 1 is 1.41 bits per heavy atom. The molecule has 1 aliphatic heterocycles. The van der Waals surface area contributed by atoms with E-state index in [1.54, 1.807) is 13.1 Å². The van der Waals surface area contributed by atoms with Crippen LogP contribution in [0.2, 0.25) is 0 Å². The number of aliphatic hydroxyl groups is 1. The lowest BCUT2D eigenvalue weighted by Crippen LogP contribution is -2.36. The highest BCUT2D eigenvalue weighted by atomic mass is 16.3. The zero-order valence-corrected chi connectivity index (χ0v) is 17.2. The van der Waals surface area contributed by atoms with Gasteiger partial charge in [-0.05, 0) is 51.3 Å². The number of nitrogens with one attached hydrogen (secondary N) is 1. The Hall–Kier alpha value is -2.40. The summed E-state index contributed by atoms with van der Waals surface area (Å²) in [5.74, 6) is 2.14. The predicted molar refractivity (Wildman–Crippen MR) is 113 cm³/mol. The molecule has 0 bridgehead atoms. The van der Waals surface area contributed by atoms with Gasteiger partial charge in [0.2, 0.25) is 0 Å². The van der Waals surface area contributed by atoms with Crippen molar-refractivity contribution in [2.45, 2.75) is 66.0 Å². The molecule has 2 N–H and O–H groups in total. The van der Waals surface area contributed by atoms with Gasteiger partial charge in [0.1, 0.15) is 17.5 Å². The molecule has 5 heteroatoms. The minimum Gasteiger partial charge on any atom is -0.389 e. The maximum absolute atomic E-state index is 9.60. The quantitative estimate of drug-likeness (QED) is 0.665. The van der Waals surface area contributed by atoms with Crippen molar-refractivity contribution >= 4 is 11.7 Å². The number of aromatic nitrogens is 1. The van der Waals surface area contributed by atoms with Crippen molar-refractivity contribution in [3.05, 3.63) is 59.7 Å². The highest BCUT2D eigenvalue weighted by Gasteiger charge is 2.28. The largest absolute Gasteiger partial charge is 0.389 e. The molecule has 27 heavy (non-hydrogen) atoms. The summed E-state index contributed by atoms with van der Waals surface area (Å²) in [6, 6.07) is 4.10. The van der Waals surface area contributed by atoms with Gasteiger partial charge in [-0.1, -0.05) is 39.0 Å². The van der Waals surface area contributed by atoms with Crippen molar-refractivity contribution in [1.29, 1.82) is 0 Å². The van der Waals surface area contributed by atoms with E-state index in [-0.39, 0.29) is 0 Å². The van der Waals surface area contributed by atoms with Gasteiger partial charge in [0.15, 0.2) is 0 Å². The number of amidine groups is 1. The van der Waals surface area contributed by atoms with Crippen LogP contribution in [-0.2, 0) is 0 Å². The van der Waals surface area contributed by atoms with Crippen LogP contribution < -0.4 is 5.32 Å². The van der Waals surface area contributed by atoms with E-state index >= 15 is 0 Å². The van der Waals surface area contributed by atoms with E-state index < -0.39 is 6.10 Å². The van der Waals surface area contributed by atoms with Crippen molar-refractivity contribution in [1.82, 2.24) is 9.88 Å². The Bertz CT molecular complexity index is 744. The van der Waals surface area contributed by atoms with Crippen molar-refractivity contribution in [3.8, 4) is 0 Å². The fourth-order valence-electron chi connectivity index (χ4n) is 3.34. The van der Waals surface area contributed by atoms with Gasteiger partial charge in [-0.15, -0.1) is 0 Å². The molecule has 146 valence electrons. The van der Waals surface area contributed by atoms with Crippen LogP contribution in [0.15, 0.2) is 59.1 Å². The minimum absolute atomic E-state index is 0.429. The molecule has 0 aromatic carbocycles. The third-order valence-electron chi connectivity index (χ3n) is 4.78. The number of pyridine rings is 1. The van der Waals surface area contributed by atoms with Gasteiger partial charge < -0.3 is 15.3 Å². The van der Waals surface area contributed by atoms with Crippen LogP contribution in [0.1, 0.15) is 65.5 Å². The summed E-state index contributed by atoms with van der Waals surface area (Å²) in [7, 11) is 0. The molecule has 1 aliphatic rings. The van der Waals surface area contributed by atoms with Crippen LogP contribution in [-0.4, -0.2) is 26.9 Å². The molecule has 2 unspecified atom stereocenters. The molecule has 1 aromatic heterocycles. The molecule has 5 nitrogen and oxygen atoms in total. The van der Waals surface area contributed by atoms with Gasteiger partial charge in [-0.25, -0.2) is 9.98 Å². The Labute approximate surface area is 163 Å². The molecule has 0 radical (unpaired) electrons. The average molecular weight is 369 g/mol. The lowest BCUT2D eigenvalue weighted by molar-refractivity contribution is 0.199. The molecular formula is C22H32N4O. The van der Waals surface area contributed by atoms with Crippen LogP contribution in [0.3, 0.4) is 0 Å². The summed E-state index contributed by atoms with van der Waals surface area (Å²) >= 11 is 0. The third-order valence-corrected chi connectivity index (χ3v) is 4.78.